The fourth-order valence-electron chi connectivity index (χ4n) is 5.73. The Morgan fingerprint density at radius 3 is 2.35 bits per heavy atom. The monoisotopic (exact) mass is 275 g/mol. The molecule has 112 valence electrons. The van der Waals surface area contributed by atoms with Gasteiger partial charge in [-0.1, -0.05) is 32.1 Å². The molecule has 0 N–H and O–H groups in total. The minimum absolute atomic E-state index is 0.383. The topological polar surface area (TPSA) is 20.3 Å². The molecule has 2 nitrogen and oxygen atoms in total. The van der Waals surface area contributed by atoms with Crippen LogP contribution in [0.15, 0.2) is 0 Å². The van der Waals surface area contributed by atoms with E-state index in [1.54, 1.807) is 0 Å². The highest BCUT2D eigenvalue weighted by atomic mass is 16.1. The predicted octanol–water partition coefficient (Wildman–Crippen LogP) is 3.79. The summed E-state index contributed by atoms with van der Waals surface area (Å²) in [6, 6.07) is 1.42. The molecule has 0 amide bonds. The van der Waals surface area contributed by atoms with E-state index in [-0.39, 0.29) is 0 Å². The standard InChI is InChI=1S/C18H29NO/c20-18-11-16-7-2-1-6-15(18)12-19(16)17-9-13-4-3-5-14(8-13)10-17/h13-17H,1-12H2/t13-,14+,15?,16?,17+. The molecular weight excluding hydrogens is 246 g/mol. The number of fused-ring (bicyclic) bond motifs is 7. The first-order valence-electron chi connectivity index (χ1n) is 9.08. The van der Waals surface area contributed by atoms with E-state index in [1.807, 2.05) is 0 Å². The van der Waals surface area contributed by atoms with Crippen LogP contribution in [-0.2, 0) is 4.79 Å². The van der Waals surface area contributed by atoms with Crippen molar-refractivity contribution in [1.82, 2.24) is 4.90 Å². The third kappa shape index (κ3) is 2.45. The SMILES string of the molecule is O=C1CC2CCCCC1CN2[C@H]1C[C@@H]2CCC[C@@H](C2)C1. The molecule has 5 fully saturated rings. The Morgan fingerprint density at radius 1 is 0.800 bits per heavy atom. The molecule has 20 heavy (non-hydrogen) atoms. The number of rotatable bonds is 1. The Kier molecular flexibility index (Phi) is 3.62. The van der Waals surface area contributed by atoms with Crippen LogP contribution in [0.25, 0.3) is 0 Å². The van der Waals surface area contributed by atoms with Crippen molar-refractivity contribution >= 4 is 5.78 Å². The largest absolute Gasteiger partial charge is 0.299 e. The van der Waals surface area contributed by atoms with Crippen molar-refractivity contribution in [2.75, 3.05) is 6.54 Å². The first-order valence-corrected chi connectivity index (χ1v) is 9.08. The molecule has 2 unspecified atom stereocenters. The number of Topliss-reactive ketones (excluding diaryl/α,β-unsaturated/α-hetero) is 1. The summed E-state index contributed by atoms with van der Waals surface area (Å²) in [6.45, 7) is 1.10. The fourth-order valence-corrected chi connectivity index (χ4v) is 5.73. The van der Waals surface area contributed by atoms with Gasteiger partial charge in [-0.25, -0.2) is 0 Å². The third-order valence-corrected chi connectivity index (χ3v) is 6.70. The van der Waals surface area contributed by atoms with Crippen LogP contribution in [0.5, 0.6) is 0 Å². The maximum Gasteiger partial charge on any atom is 0.138 e. The van der Waals surface area contributed by atoms with E-state index in [1.165, 1.54) is 64.2 Å². The molecule has 0 radical (unpaired) electrons. The minimum atomic E-state index is 0.383. The molecule has 0 aromatic carbocycles. The maximum absolute atomic E-state index is 12.2. The highest BCUT2D eigenvalue weighted by Gasteiger charge is 2.42. The normalized spacial score (nSPS) is 46.0. The molecule has 0 aromatic rings. The molecule has 0 aromatic heterocycles. The number of carbonyl (C=O) groups is 1. The summed E-state index contributed by atoms with van der Waals surface area (Å²) in [7, 11) is 0. The van der Waals surface area contributed by atoms with Crippen LogP contribution >= 0.6 is 0 Å². The molecule has 5 aliphatic rings. The minimum Gasteiger partial charge on any atom is -0.299 e. The number of hydrogen-bond acceptors (Lipinski definition) is 2. The number of ketones is 1. The Bertz CT molecular complexity index is 368. The highest BCUT2D eigenvalue weighted by Crippen LogP contribution is 2.43. The van der Waals surface area contributed by atoms with Crippen molar-refractivity contribution in [3.63, 3.8) is 0 Å². The van der Waals surface area contributed by atoms with Crippen molar-refractivity contribution in [3.05, 3.63) is 0 Å². The van der Waals surface area contributed by atoms with E-state index in [2.05, 4.69) is 4.90 Å². The van der Waals surface area contributed by atoms with Crippen LogP contribution in [0.2, 0.25) is 0 Å². The van der Waals surface area contributed by atoms with Crippen LogP contribution in [0.1, 0.15) is 70.6 Å². The first kappa shape index (κ1) is 13.3. The van der Waals surface area contributed by atoms with Gasteiger partial charge >= 0.3 is 0 Å². The molecular formula is C18H29NO. The molecule has 3 aliphatic carbocycles. The van der Waals surface area contributed by atoms with Crippen molar-refractivity contribution in [2.45, 2.75) is 82.7 Å². The lowest BCUT2D eigenvalue weighted by Gasteiger charge is -2.50. The lowest BCUT2D eigenvalue weighted by molar-refractivity contribution is -0.131. The van der Waals surface area contributed by atoms with Gasteiger partial charge in [-0.2, -0.15) is 0 Å². The first-order chi connectivity index (χ1) is 9.79. The lowest BCUT2D eigenvalue weighted by Crippen LogP contribution is -2.55. The van der Waals surface area contributed by atoms with Crippen LogP contribution in [0.4, 0.5) is 0 Å². The summed E-state index contributed by atoms with van der Waals surface area (Å²) in [5.74, 6) is 2.98. The molecule has 5 atom stereocenters. The van der Waals surface area contributed by atoms with Gasteiger partial charge in [-0.3, -0.25) is 9.69 Å². The van der Waals surface area contributed by atoms with Gasteiger partial charge in [0.1, 0.15) is 5.78 Å². The molecule has 4 bridgehead atoms. The fraction of sp³-hybridized carbons (Fsp3) is 0.944. The van der Waals surface area contributed by atoms with Gasteiger partial charge < -0.3 is 0 Å². The molecule has 2 heterocycles. The van der Waals surface area contributed by atoms with Gasteiger partial charge in [0.15, 0.2) is 0 Å². The van der Waals surface area contributed by atoms with Crippen LogP contribution in [0, 0.1) is 17.8 Å². The van der Waals surface area contributed by atoms with E-state index in [0.717, 1.165) is 30.8 Å². The number of nitrogens with zero attached hydrogens (tertiary/aromatic N) is 1. The predicted molar refractivity (Wildman–Crippen MR) is 80.5 cm³/mol. The average molecular weight is 275 g/mol. The van der Waals surface area contributed by atoms with E-state index in [0.29, 0.717) is 17.7 Å². The van der Waals surface area contributed by atoms with Crippen molar-refractivity contribution in [1.29, 1.82) is 0 Å². The van der Waals surface area contributed by atoms with Gasteiger partial charge in [-0.05, 0) is 43.9 Å². The van der Waals surface area contributed by atoms with Crippen LogP contribution in [0.3, 0.4) is 0 Å². The van der Waals surface area contributed by atoms with Gasteiger partial charge in [0, 0.05) is 31.0 Å². The number of hydrogen-bond donors (Lipinski definition) is 0. The molecule has 0 spiro atoms. The quantitative estimate of drug-likeness (QED) is 0.725. The summed E-state index contributed by atoms with van der Waals surface area (Å²) < 4.78 is 0. The summed E-state index contributed by atoms with van der Waals surface area (Å²) in [5, 5.41) is 0. The zero-order chi connectivity index (χ0) is 13.5. The van der Waals surface area contributed by atoms with Gasteiger partial charge in [0.05, 0.1) is 0 Å². The molecule has 3 saturated carbocycles. The lowest BCUT2D eigenvalue weighted by atomic mass is 9.69. The third-order valence-electron chi connectivity index (χ3n) is 6.70. The summed E-state index contributed by atoms with van der Waals surface area (Å²) >= 11 is 0. The van der Waals surface area contributed by atoms with E-state index in [4.69, 9.17) is 0 Å². The smallest absolute Gasteiger partial charge is 0.138 e. The molecule has 2 heteroatoms. The highest BCUT2D eigenvalue weighted by molar-refractivity contribution is 5.82. The average Bonchev–Trinajstić information content (AvgIpc) is 2.40. The van der Waals surface area contributed by atoms with Crippen molar-refractivity contribution < 1.29 is 4.79 Å². The van der Waals surface area contributed by atoms with E-state index in [9.17, 15) is 4.79 Å². The molecule has 5 rings (SSSR count). The molecule has 2 aliphatic heterocycles. The number of carbonyl (C=O) groups excluding carboxylic acids is 1. The van der Waals surface area contributed by atoms with Gasteiger partial charge in [0.2, 0.25) is 0 Å². The van der Waals surface area contributed by atoms with Crippen molar-refractivity contribution in [3.8, 4) is 0 Å². The zero-order valence-electron chi connectivity index (χ0n) is 12.7. The van der Waals surface area contributed by atoms with Crippen LogP contribution < -0.4 is 0 Å². The Hall–Kier alpha value is -0.370. The summed E-state index contributed by atoms with van der Waals surface area (Å²) in [5.41, 5.74) is 0. The second kappa shape index (κ2) is 5.44. The maximum atomic E-state index is 12.2. The molecule has 2 saturated heterocycles. The van der Waals surface area contributed by atoms with Gasteiger partial charge in [-0.15, -0.1) is 0 Å². The second-order valence-electron chi connectivity index (χ2n) is 8.03. The Morgan fingerprint density at radius 2 is 1.55 bits per heavy atom. The van der Waals surface area contributed by atoms with Crippen molar-refractivity contribution in [2.24, 2.45) is 17.8 Å². The summed E-state index contributed by atoms with van der Waals surface area (Å²) in [6.07, 6.45) is 14.8. The zero-order valence-corrected chi connectivity index (χ0v) is 12.7. The van der Waals surface area contributed by atoms with Crippen LogP contribution in [-0.4, -0.2) is 29.3 Å². The Balaban J connectivity index is 1.51. The second-order valence-corrected chi connectivity index (χ2v) is 8.03. The van der Waals surface area contributed by atoms with E-state index >= 15 is 0 Å². The summed E-state index contributed by atoms with van der Waals surface area (Å²) in [4.78, 5) is 15.0. The van der Waals surface area contributed by atoms with E-state index < -0.39 is 0 Å². The number of piperidine rings is 1. The van der Waals surface area contributed by atoms with Gasteiger partial charge in [0.25, 0.3) is 0 Å². The Labute approximate surface area is 123 Å².